The van der Waals surface area contributed by atoms with Crippen LogP contribution in [-0.2, 0) is 5.60 Å². The summed E-state index contributed by atoms with van der Waals surface area (Å²) < 4.78 is 0. The monoisotopic (exact) mass is 408 g/mol. The number of nitrogens with zero attached hydrogens (tertiary/aromatic N) is 1. The fourth-order valence-corrected chi connectivity index (χ4v) is 8.30. The molecular formula is C22H36N2O3S. The number of thiazole rings is 1. The lowest BCUT2D eigenvalue weighted by Gasteiger charge is -2.58. The zero-order chi connectivity index (χ0) is 20.2. The number of aromatic nitrogens is 1. The summed E-state index contributed by atoms with van der Waals surface area (Å²) in [7, 11) is 0. The Morgan fingerprint density at radius 1 is 1.18 bits per heavy atom. The molecule has 158 valence electrons. The largest absolute Gasteiger partial charge is 0.396 e. The molecule has 3 aliphatic carbocycles. The highest BCUT2D eigenvalue weighted by Crippen LogP contribution is 2.67. The van der Waals surface area contributed by atoms with Crippen LogP contribution in [0.1, 0.15) is 63.8 Å². The Balaban J connectivity index is 1.66. The normalized spacial score (nSPS) is 49.1. The van der Waals surface area contributed by atoms with Gasteiger partial charge in [0.1, 0.15) is 10.6 Å². The Morgan fingerprint density at radius 2 is 1.93 bits per heavy atom. The zero-order valence-corrected chi connectivity index (χ0v) is 18.0. The molecule has 6 heteroatoms. The molecule has 8 atom stereocenters. The van der Waals surface area contributed by atoms with Gasteiger partial charge in [-0.3, -0.25) is 0 Å². The van der Waals surface area contributed by atoms with Gasteiger partial charge in [-0.1, -0.05) is 13.8 Å². The van der Waals surface area contributed by atoms with Crippen LogP contribution < -0.4 is 5.73 Å². The fourth-order valence-electron chi connectivity index (χ4n) is 7.40. The van der Waals surface area contributed by atoms with E-state index >= 15 is 0 Å². The van der Waals surface area contributed by atoms with E-state index in [-0.39, 0.29) is 29.5 Å². The maximum absolute atomic E-state index is 11.7. The third kappa shape index (κ3) is 2.83. The van der Waals surface area contributed by atoms with Crippen LogP contribution in [0.15, 0.2) is 11.6 Å². The molecule has 5 N–H and O–H groups in total. The molecule has 1 heterocycles. The Bertz CT molecular complexity index is 685. The molecule has 5 nitrogen and oxygen atoms in total. The van der Waals surface area contributed by atoms with E-state index in [1.807, 2.05) is 5.38 Å². The second-order valence-electron chi connectivity index (χ2n) is 10.1. The molecule has 0 aromatic carbocycles. The molecule has 1 aromatic heterocycles. The summed E-state index contributed by atoms with van der Waals surface area (Å²) in [5.41, 5.74) is 5.33. The summed E-state index contributed by atoms with van der Waals surface area (Å²) in [6, 6.07) is 0. The molecular weight excluding hydrogens is 372 g/mol. The van der Waals surface area contributed by atoms with E-state index in [1.165, 1.54) is 0 Å². The number of aliphatic hydroxyl groups excluding tert-OH is 2. The standard InChI is InChI=1S/C22H36N2O3S/c1-20(6-3-15(26)11-14(20)13-25)17-4-7-21(2)18(16(17)12-23)5-8-22(21,27)19-24-9-10-28-19/h9-10,14-18,25-27H,3-8,11-13,23H2,1-2H3/t14-,15+,16-,17+,18+,20+,21+,22-/m1/s1. The highest BCUT2D eigenvalue weighted by atomic mass is 32.1. The average molecular weight is 409 g/mol. The van der Waals surface area contributed by atoms with Crippen molar-refractivity contribution in [3.63, 3.8) is 0 Å². The van der Waals surface area contributed by atoms with Gasteiger partial charge in [-0.25, -0.2) is 4.98 Å². The van der Waals surface area contributed by atoms with Crippen LogP contribution >= 0.6 is 11.3 Å². The van der Waals surface area contributed by atoms with E-state index < -0.39 is 5.60 Å². The van der Waals surface area contributed by atoms with Crippen molar-refractivity contribution in [3.05, 3.63) is 16.6 Å². The van der Waals surface area contributed by atoms with Gasteiger partial charge in [0, 0.05) is 23.6 Å². The SMILES string of the molecule is C[C@]1([C@H]2CC[C@@]3(C)[C@@H](CC[C@@]3(O)c3nccs3)[C@@H]2CN)CC[C@H](O)C[C@@H]1CO. The summed E-state index contributed by atoms with van der Waals surface area (Å²) in [5, 5.41) is 34.8. The summed E-state index contributed by atoms with van der Waals surface area (Å²) in [6.07, 6.45) is 7.66. The van der Waals surface area contributed by atoms with Crippen LogP contribution in [0.5, 0.6) is 0 Å². The highest BCUT2D eigenvalue weighted by Gasteiger charge is 2.64. The van der Waals surface area contributed by atoms with Crippen molar-refractivity contribution in [3.8, 4) is 0 Å². The van der Waals surface area contributed by atoms with Gasteiger partial charge in [0.2, 0.25) is 0 Å². The summed E-state index contributed by atoms with van der Waals surface area (Å²) >= 11 is 1.56. The first-order valence-electron chi connectivity index (χ1n) is 10.9. The number of fused-ring (bicyclic) bond motifs is 1. The van der Waals surface area contributed by atoms with Gasteiger partial charge in [0.25, 0.3) is 0 Å². The fraction of sp³-hybridized carbons (Fsp3) is 0.864. The van der Waals surface area contributed by atoms with Crippen molar-refractivity contribution in [1.82, 2.24) is 4.98 Å². The Hall–Kier alpha value is -0.530. The van der Waals surface area contributed by atoms with Crippen molar-refractivity contribution in [2.45, 2.75) is 70.5 Å². The van der Waals surface area contributed by atoms with Crippen molar-refractivity contribution in [2.75, 3.05) is 13.2 Å². The Kier molecular flexibility index (Phi) is 5.41. The third-order valence-corrected chi connectivity index (χ3v) is 10.1. The van der Waals surface area contributed by atoms with Crippen LogP contribution in [0, 0.1) is 34.5 Å². The first-order valence-corrected chi connectivity index (χ1v) is 11.8. The molecule has 0 amide bonds. The number of aliphatic hydroxyl groups is 3. The topological polar surface area (TPSA) is 99.6 Å². The van der Waals surface area contributed by atoms with Crippen molar-refractivity contribution in [2.24, 2.45) is 40.2 Å². The van der Waals surface area contributed by atoms with Crippen molar-refractivity contribution >= 4 is 11.3 Å². The van der Waals surface area contributed by atoms with Gasteiger partial charge in [0.05, 0.1) is 6.10 Å². The molecule has 28 heavy (non-hydrogen) atoms. The summed E-state index contributed by atoms with van der Waals surface area (Å²) in [5.74, 6) is 1.26. The second kappa shape index (κ2) is 7.31. The van der Waals surface area contributed by atoms with Gasteiger partial charge >= 0.3 is 0 Å². The molecule has 0 spiro atoms. The van der Waals surface area contributed by atoms with Gasteiger partial charge in [-0.2, -0.15) is 0 Å². The van der Waals surface area contributed by atoms with E-state index in [4.69, 9.17) is 5.73 Å². The van der Waals surface area contributed by atoms with Crippen LogP contribution in [0.4, 0.5) is 0 Å². The quantitative estimate of drug-likeness (QED) is 0.614. The summed E-state index contributed by atoms with van der Waals surface area (Å²) in [6.45, 7) is 5.32. The van der Waals surface area contributed by atoms with E-state index in [0.29, 0.717) is 30.7 Å². The Morgan fingerprint density at radius 3 is 2.57 bits per heavy atom. The molecule has 0 unspecified atom stereocenters. The molecule has 1 aromatic rings. The molecule has 0 saturated heterocycles. The van der Waals surface area contributed by atoms with Crippen molar-refractivity contribution < 1.29 is 15.3 Å². The van der Waals surface area contributed by atoms with E-state index in [9.17, 15) is 15.3 Å². The van der Waals surface area contributed by atoms with Crippen LogP contribution in [0.2, 0.25) is 0 Å². The van der Waals surface area contributed by atoms with E-state index in [1.54, 1.807) is 17.5 Å². The Labute approximate surface area is 172 Å². The van der Waals surface area contributed by atoms with Gasteiger partial charge in [-0.15, -0.1) is 11.3 Å². The first-order chi connectivity index (χ1) is 13.3. The third-order valence-electron chi connectivity index (χ3n) is 9.22. The molecule has 3 aliphatic rings. The lowest BCUT2D eigenvalue weighted by Crippen LogP contribution is -2.55. The van der Waals surface area contributed by atoms with E-state index in [2.05, 4.69) is 18.8 Å². The van der Waals surface area contributed by atoms with Crippen LogP contribution in [-0.4, -0.2) is 39.6 Å². The second-order valence-corrected chi connectivity index (χ2v) is 11.0. The summed E-state index contributed by atoms with van der Waals surface area (Å²) in [4.78, 5) is 4.49. The molecule has 0 bridgehead atoms. The minimum Gasteiger partial charge on any atom is -0.396 e. The van der Waals surface area contributed by atoms with E-state index in [0.717, 1.165) is 43.5 Å². The molecule has 3 saturated carbocycles. The zero-order valence-electron chi connectivity index (χ0n) is 17.2. The minimum absolute atomic E-state index is 0.00122. The molecule has 0 radical (unpaired) electrons. The minimum atomic E-state index is -0.857. The predicted octanol–water partition coefficient (Wildman–Crippen LogP) is 2.89. The molecule has 0 aliphatic heterocycles. The number of hydrogen-bond donors (Lipinski definition) is 4. The van der Waals surface area contributed by atoms with Gasteiger partial charge in [-0.05, 0) is 80.6 Å². The number of nitrogens with two attached hydrogens (primary N) is 1. The first kappa shape index (κ1) is 20.7. The van der Waals surface area contributed by atoms with Gasteiger partial charge in [0.15, 0.2) is 0 Å². The lowest BCUT2D eigenvalue weighted by molar-refractivity contribution is -0.144. The predicted molar refractivity (Wildman–Crippen MR) is 111 cm³/mol. The highest BCUT2D eigenvalue weighted by molar-refractivity contribution is 7.09. The molecule has 4 rings (SSSR count). The number of hydrogen-bond acceptors (Lipinski definition) is 6. The van der Waals surface area contributed by atoms with Crippen molar-refractivity contribution in [1.29, 1.82) is 0 Å². The molecule has 3 fully saturated rings. The number of rotatable bonds is 4. The smallest absolute Gasteiger partial charge is 0.125 e. The maximum atomic E-state index is 11.7. The lowest BCUT2D eigenvalue weighted by atomic mass is 9.48. The van der Waals surface area contributed by atoms with Crippen LogP contribution in [0.3, 0.4) is 0 Å². The van der Waals surface area contributed by atoms with Gasteiger partial charge < -0.3 is 21.1 Å². The van der Waals surface area contributed by atoms with Crippen LogP contribution in [0.25, 0.3) is 0 Å². The average Bonchev–Trinajstić information content (AvgIpc) is 3.31. The maximum Gasteiger partial charge on any atom is 0.125 e.